The Kier molecular flexibility index (Phi) is 44.7. The summed E-state index contributed by atoms with van der Waals surface area (Å²) in [5.74, 6) is -1.31. The van der Waals surface area contributed by atoms with Crippen LogP contribution in [0.5, 0.6) is 0 Å². The molecule has 0 bridgehead atoms. The molecule has 0 aliphatic carbocycles. The SMILES string of the molecule is CCCCC/C=C\C/C=C\C/C=C\C(CCCCCCCC(=O)NC(CCCN)C(=O)O)OC(=O)CCCCCCCCCCCCCCCCCCCCCCCC. The highest BCUT2D eigenvalue weighted by atomic mass is 16.5. The van der Waals surface area contributed by atoms with E-state index in [0.717, 1.165) is 70.6 Å². The molecule has 0 spiro atoms. The van der Waals surface area contributed by atoms with Crippen molar-refractivity contribution < 1.29 is 24.2 Å². The Morgan fingerprint density at radius 1 is 0.508 bits per heavy atom. The third kappa shape index (κ3) is 43.5. The summed E-state index contributed by atoms with van der Waals surface area (Å²) in [5.41, 5.74) is 5.49. The number of nitrogens with two attached hydrogens (primary N) is 1. The summed E-state index contributed by atoms with van der Waals surface area (Å²) >= 11 is 0. The molecule has 0 fully saturated rings. The van der Waals surface area contributed by atoms with Crippen LogP contribution < -0.4 is 11.1 Å². The molecule has 0 radical (unpaired) electrons. The van der Waals surface area contributed by atoms with Gasteiger partial charge in [0, 0.05) is 12.8 Å². The molecule has 59 heavy (non-hydrogen) atoms. The number of allylic oxidation sites excluding steroid dienone is 5. The van der Waals surface area contributed by atoms with Crippen LogP contribution in [0.2, 0.25) is 0 Å². The molecule has 0 rings (SSSR count). The molecular weight excluding hydrogens is 733 g/mol. The van der Waals surface area contributed by atoms with Crippen molar-refractivity contribution in [2.24, 2.45) is 5.73 Å². The molecule has 2 atom stereocenters. The highest BCUT2D eigenvalue weighted by Crippen LogP contribution is 2.17. The van der Waals surface area contributed by atoms with Crippen molar-refractivity contribution >= 4 is 17.8 Å². The molecule has 0 aromatic carbocycles. The van der Waals surface area contributed by atoms with Crippen LogP contribution in [0.4, 0.5) is 0 Å². The number of esters is 1. The lowest BCUT2D eigenvalue weighted by Gasteiger charge is -2.15. The Hall–Kier alpha value is -2.41. The second kappa shape index (κ2) is 46.7. The van der Waals surface area contributed by atoms with Crippen molar-refractivity contribution in [3.05, 3.63) is 36.5 Å². The second-order valence-electron chi connectivity index (χ2n) is 17.2. The third-order valence-electron chi connectivity index (χ3n) is 11.4. The Bertz CT molecular complexity index is 1020. The molecule has 0 saturated heterocycles. The van der Waals surface area contributed by atoms with Crippen molar-refractivity contribution in [1.29, 1.82) is 0 Å². The number of amides is 1. The van der Waals surface area contributed by atoms with Gasteiger partial charge in [0.2, 0.25) is 5.91 Å². The zero-order chi connectivity index (χ0) is 43.1. The lowest BCUT2D eigenvalue weighted by atomic mass is 10.0. The summed E-state index contributed by atoms with van der Waals surface area (Å²) in [5, 5.41) is 11.9. The van der Waals surface area contributed by atoms with E-state index in [1.54, 1.807) is 0 Å². The van der Waals surface area contributed by atoms with Gasteiger partial charge in [-0.05, 0) is 76.8 Å². The molecule has 0 aromatic rings. The Morgan fingerprint density at radius 2 is 0.932 bits per heavy atom. The molecular formula is C52H96N2O5. The number of ether oxygens (including phenoxy) is 1. The van der Waals surface area contributed by atoms with Gasteiger partial charge in [-0.3, -0.25) is 9.59 Å². The van der Waals surface area contributed by atoms with E-state index in [0.29, 0.717) is 32.2 Å². The van der Waals surface area contributed by atoms with Crippen molar-refractivity contribution in [3.63, 3.8) is 0 Å². The van der Waals surface area contributed by atoms with Crippen LogP contribution in [0.1, 0.15) is 258 Å². The molecule has 344 valence electrons. The molecule has 0 saturated carbocycles. The van der Waals surface area contributed by atoms with Crippen LogP contribution in [0, 0.1) is 0 Å². The van der Waals surface area contributed by atoms with Crippen LogP contribution in [0.3, 0.4) is 0 Å². The lowest BCUT2D eigenvalue weighted by Crippen LogP contribution is -2.40. The van der Waals surface area contributed by atoms with Crippen molar-refractivity contribution in [3.8, 4) is 0 Å². The predicted molar refractivity (Wildman–Crippen MR) is 253 cm³/mol. The first kappa shape index (κ1) is 56.6. The number of carboxylic acids is 1. The third-order valence-corrected chi connectivity index (χ3v) is 11.4. The van der Waals surface area contributed by atoms with Gasteiger partial charge in [0.25, 0.3) is 0 Å². The molecule has 0 aromatic heterocycles. The van der Waals surface area contributed by atoms with Crippen LogP contribution in [0.15, 0.2) is 36.5 Å². The molecule has 0 heterocycles. The van der Waals surface area contributed by atoms with E-state index in [4.69, 9.17) is 10.5 Å². The zero-order valence-electron chi connectivity index (χ0n) is 38.9. The number of rotatable bonds is 46. The first-order valence-corrected chi connectivity index (χ1v) is 25.3. The lowest BCUT2D eigenvalue weighted by molar-refractivity contribution is -0.147. The highest BCUT2D eigenvalue weighted by Gasteiger charge is 2.19. The van der Waals surface area contributed by atoms with Gasteiger partial charge in [0.1, 0.15) is 12.1 Å². The van der Waals surface area contributed by atoms with E-state index in [2.05, 4.69) is 55.6 Å². The Balaban J connectivity index is 4.21. The van der Waals surface area contributed by atoms with Gasteiger partial charge >= 0.3 is 11.9 Å². The van der Waals surface area contributed by atoms with Crippen LogP contribution in [0.25, 0.3) is 0 Å². The first-order chi connectivity index (χ1) is 28.9. The van der Waals surface area contributed by atoms with Crippen molar-refractivity contribution in [2.75, 3.05) is 6.54 Å². The molecule has 7 nitrogen and oxygen atoms in total. The summed E-state index contributed by atoms with van der Waals surface area (Å²) in [6.45, 7) is 4.93. The number of carbonyl (C=O) groups excluding carboxylic acids is 2. The molecule has 7 heteroatoms. The van der Waals surface area contributed by atoms with Crippen molar-refractivity contribution in [2.45, 2.75) is 270 Å². The maximum atomic E-state index is 12.8. The monoisotopic (exact) mass is 829 g/mol. The molecule has 2 unspecified atom stereocenters. The summed E-state index contributed by atoms with van der Waals surface area (Å²) in [6.07, 6.45) is 56.6. The fourth-order valence-electron chi connectivity index (χ4n) is 7.61. The van der Waals surface area contributed by atoms with Gasteiger partial charge in [0.15, 0.2) is 0 Å². The second-order valence-corrected chi connectivity index (χ2v) is 17.2. The number of carbonyl (C=O) groups is 3. The van der Waals surface area contributed by atoms with Crippen LogP contribution in [-0.4, -0.2) is 41.6 Å². The largest absolute Gasteiger partial charge is 0.480 e. The van der Waals surface area contributed by atoms with Gasteiger partial charge in [-0.25, -0.2) is 4.79 Å². The van der Waals surface area contributed by atoms with Crippen molar-refractivity contribution in [1.82, 2.24) is 5.32 Å². The van der Waals surface area contributed by atoms with Crippen LogP contribution in [-0.2, 0) is 19.1 Å². The van der Waals surface area contributed by atoms with Gasteiger partial charge in [-0.1, -0.05) is 211 Å². The molecule has 4 N–H and O–H groups in total. The number of hydrogen-bond acceptors (Lipinski definition) is 5. The minimum atomic E-state index is -1.01. The van der Waals surface area contributed by atoms with Gasteiger partial charge in [0.05, 0.1) is 0 Å². The van der Waals surface area contributed by atoms with E-state index in [-0.39, 0.29) is 18.0 Å². The van der Waals surface area contributed by atoms with E-state index in [1.807, 2.05) is 0 Å². The maximum Gasteiger partial charge on any atom is 0.326 e. The van der Waals surface area contributed by atoms with E-state index >= 15 is 0 Å². The van der Waals surface area contributed by atoms with Gasteiger partial charge in [-0.15, -0.1) is 0 Å². The molecule has 1 amide bonds. The normalized spacial score (nSPS) is 12.9. The maximum absolute atomic E-state index is 12.8. The van der Waals surface area contributed by atoms with E-state index < -0.39 is 12.0 Å². The number of carboxylic acid groups (broad SMARTS) is 1. The average molecular weight is 829 g/mol. The quantitative estimate of drug-likeness (QED) is 0.0319. The average Bonchev–Trinajstić information content (AvgIpc) is 3.22. The standard InChI is InChI=1S/C52H96N2O5/c1-3-5-7-9-11-13-15-16-17-18-19-20-21-22-23-24-25-27-29-31-36-40-46-51(56)59-48(42-37-33-30-28-26-14-12-10-8-6-4-2)43-38-34-32-35-39-45-50(55)54-49(52(57)58)44-41-47-53/h12,14,28,30,37,42,48-49H,3-11,13,15-27,29,31-36,38-41,43-47,53H2,1-2H3,(H,54,55)(H,57,58)/b14-12-,30-28-,42-37-. The minimum Gasteiger partial charge on any atom is -0.480 e. The topological polar surface area (TPSA) is 119 Å². The van der Waals surface area contributed by atoms with Crippen LogP contribution >= 0.6 is 0 Å². The fourth-order valence-corrected chi connectivity index (χ4v) is 7.61. The first-order valence-electron chi connectivity index (χ1n) is 25.3. The summed E-state index contributed by atoms with van der Waals surface area (Å²) in [7, 11) is 0. The highest BCUT2D eigenvalue weighted by molar-refractivity contribution is 5.83. The summed E-state index contributed by atoms with van der Waals surface area (Å²) < 4.78 is 5.96. The Morgan fingerprint density at radius 3 is 1.42 bits per heavy atom. The molecule has 0 aliphatic rings. The minimum absolute atomic E-state index is 0.0892. The van der Waals surface area contributed by atoms with E-state index in [9.17, 15) is 19.5 Å². The number of aliphatic carboxylic acids is 1. The van der Waals surface area contributed by atoms with Gasteiger partial charge < -0.3 is 20.9 Å². The summed E-state index contributed by atoms with van der Waals surface area (Å²) in [6, 6.07) is -0.866. The predicted octanol–water partition coefficient (Wildman–Crippen LogP) is 15.0. The Labute approximate surface area is 365 Å². The number of hydrogen-bond donors (Lipinski definition) is 3. The number of unbranched alkanes of at least 4 members (excludes halogenated alkanes) is 28. The smallest absolute Gasteiger partial charge is 0.326 e. The number of nitrogens with one attached hydrogen (secondary N) is 1. The van der Waals surface area contributed by atoms with E-state index in [1.165, 1.54) is 148 Å². The summed E-state index contributed by atoms with van der Waals surface area (Å²) in [4.78, 5) is 36.4. The fraction of sp³-hybridized carbons (Fsp3) is 0.827. The molecule has 0 aliphatic heterocycles. The zero-order valence-corrected chi connectivity index (χ0v) is 38.9. The van der Waals surface area contributed by atoms with Gasteiger partial charge in [-0.2, -0.15) is 0 Å².